The van der Waals surface area contributed by atoms with E-state index in [2.05, 4.69) is 0 Å². The molecule has 30 heavy (non-hydrogen) atoms. The molecule has 0 saturated heterocycles. The van der Waals surface area contributed by atoms with Gasteiger partial charge in [0.25, 0.3) is 0 Å². The Balaban J connectivity index is 2.08. The first kappa shape index (κ1) is 24.1. The van der Waals surface area contributed by atoms with Crippen molar-refractivity contribution in [2.75, 3.05) is 40.6 Å². The van der Waals surface area contributed by atoms with E-state index in [0.29, 0.717) is 17.1 Å². The monoisotopic (exact) mass is 460 g/mol. The standard InChI is InChI=1S/C19H25FN2O6S2/c1-21(30(25,26)18-9-6-16(20)7-10-18)11-12-29(23,24)22(2)14-15-5-8-17(27-3)13-19(15)28-4/h5-10,13H,11-12,14H2,1-4H3. The van der Waals surface area contributed by atoms with Crippen LogP contribution >= 0.6 is 0 Å². The van der Waals surface area contributed by atoms with Gasteiger partial charge in [0, 0.05) is 38.8 Å². The van der Waals surface area contributed by atoms with Crippen LogP contribution in [0.3, 0.4) is 0 Å². The third-order valence-corrected chi connectivity index (χ3v) is 8.20. The predicted octanol–water partition coefficient (Wildman–Crippen LogP) is 1.93. The third kappa shape index (κ3) is 5.69. The highest BCUT2D eigenvalue weighted by Crippen LogP contribution is 2.26. The van der Waals surface area contributed by atoms with Crippen LogP contribution < -0.4 is 9.47 Å². The number of halogens is 1. The second-order valence-corrected chi connectivity index (χ2v) is 10.8. The minimum absolute atomic E-state index is 0.0456. The van der Waals surface area contributed by atoms with Crippen molar-refractivity contribution in [3.05, 3.63) is 53.8 Å². The molecule has 0 N–H and O–H groups in total. The highest BCUT2D eigenvalue weighted by Gasteiger charge is 2.25. The SMILES string of the molecule is COc1ccc(CN(C)S(=O)(=O)CCN(C)S(=O)(=O)c2ccc(F)cc2)c(OC)c1. The fourth-order valence-corrected chi connectivity index (χ4v) is 5.07. The zero-order valence-electron chi connectivity index (χ0n) is 17.2. The van der Waals surface area contributed by atoms with Crippen LogP contribution in [0.25, 0.3) is 0 Å². The molecule has 0 bridgehead atoms. The fraction of sp³-hybridized carbons (Fsp3) is 0.368. The van der Waals surface area contributed by atoms with Crippen LogP contribution in [0.4, 0.5) is 4.39 Å². The summed E-state index contributed by atoms with van der Waals surface area (Å²) in [5.74, 6) is 0.0784. The zero-order chi connectivity index (χ0) is 22.5. The van der Waals surface area contributed by atoms with Crippen LogP contribution in [0.5, 0.6) is 11.5 Å². The molecule has 0 aromatic heterocycles. The Morgan fingerprint density at radius 1 is 0.900 bits per heavy atom. The van der Waals surface area contributed by atoms with Crippen molar-refractivity contribution in [3.63, 3.8) is 0 Å². The molecule has 0 spiro atoms. The van der Waals surface area contributed by atoms with Crippen molar-refractivity contribution in [1.29, 1.82) is 0 Å². The summed E-state index contributed by atoms with van der Waals surface area (Å²) >= 11 is 0. The van der Waals surface area contributed by atoms with E-state index in [-0.39, 0.29) is 18.0 Å². The van der Waals surface area contributed by atoms with Gasteiger partial charge in [-0.1, -0.05) is 6.07 Å². The quantitative estimate of drug-likeness (QED) is 0.538. The van der Waals surface area contributed by atoms with Crippen molar-refractivity contribution in [2.24, 2.45) is 0 Å². The first-order valence-corrected chi connectivity index (χ1v) is 11.9. The Morgan fingerprint density at radius 2 is 1.53 bits per heavy atom. The number of hydrogen-bond donors (Lipinski definition) is 0. The second-order valence-electron chi connectivity index (χ2n) is 6.53. The highest BCUT2D eigenvalue weighted by molar-refractivity contribution is 7.90. The van der Waals surface area contributed by atoms with Gasteiger partial charge in [-0.3, -0.25) is 0 Å². The minimum atomic E-state index is -3.93. The van der Waals surface area contributed by atoms with Crippen molar-refractivity contribution < 1.29 is 30.7 Å². The Morgan fingerprint density at radius 3 is 2.10 bits per heavy atom. The molecule has 0 saturated carbocycles. The average Bonchev–Trinajstić information content (AvgIpc) is 2.72. The molecule has 166 valence electrons. The lowest BCUT2D eigenvalue weighted by molar-refractivity contribution is 0.384. The maximum absolute atomic E-state index is 13.0. The van der Waals surface area contributed by atoms with Gasteiger partial charge < -0.3 is 9.47 Å². The van der Waals surface area contributed by atoms with Crippen LogP contribution in [-0.4, -0.2) is 66.1 Å². The molecule has 0 heterocycles. The maximum Gasteiger partial charge on any atom is 0.242 e. The molecule has 0 unspecified atom stereocenters. The summed E-state index contributed by atoms with van der Waals surface area (Å²) in [5, 5.41) is 0. The molecule has 8 nitrogen and oxygen atoms in total. The van der Waals surface area contributed by atoms with Crippen LogP contribution in [0.2, 0.25) is 0 Å². The van der Waals surface area contributed by atoms with Crippen LogP contribution in [-0.2, 0) is 26.6 Å². The number of methoxy groups -OCH3 is 2. The topological polar surface area (TPSA) is 93.2 Å². The Hall–Kier alpha value is -2.21. The molecular weight excluding hydrogens is 435 g/mol. The minimum Gasteiger partial charge on any atom is -0.497 e. The molecule has 2 aromatic rings. The summed E-state index contributed by atoms with van der Waals surface area (Å²) in [7, 11) is -2.02. The van der Waals surface area contributed by atoms with Gasteiger partial charge in [-0.15, -0.1) is 0 Å². The molecule has 2 aromatic carbocycles. The fourth-order valence-electron chi connectivity index (χ4n) is 2.63. The van der Waals surface area contributed by atoms with Crippen LogP contribution in [0.1, 0.15) is 5.56 Å². The smallest absolute Gasteiger partial charge is 0.242 e. The van der Waals surface area contributed by atoms with Crippen molar-refractivity contribution >= 4 is 20.0 Å². The van der Waals surface area contributed by atoms with E-state index < -0.39 is 31.6 Å². The summed E-state index contributed by atoms with van der Waals surface area (Å²) in [5.41, 5.74) is 0.636. The normalized spacial score (nSPS) is 12.4. The lowest BCUT2D eigenvalue weighted by Gasteiger charge is -2.21. The molecule has 0 fully saturated rings. The Bertz CT molecular complexity index is 1070. The number of rotatable bonds is 10. The first-order valence-electron chi connectivity index (χ1n) is 8.88. The molecule has 2 rings (SSSR count). The van der Waals surface area contributed by atoms with Gasteiger partial charge in [0.05, 0.1) is 24.9 Å². The van der Waals surface area contributed by atoms with Gasteiger partial charge in [-0.05, 0) is 30.3 Å². The second kappa shape index (κ2) is 9.73. The lowest BCUT2D eigenvalue weighted by atomic mass is 10.2. The van der Waals surface area contributed by atoms with Gasteiger partial charge >= 0.3 is 0 Å². The van der Waals surface area contributed by atoms with Crippen molar-refractivity contribution in [2.45, 2.75) is 11.4 Å². The summed E-state index contributed by atoms with van der Waals surface area (Å²) < 4.78 is 75.9. The van der Waals surface area contributed by atoms with E-state index in [1.165, 1.54) is 28.3 Å². The lowest BCUT2D eigenvalue weighted by Crippen LogP contribution is -2.36. The molecule has 0 aliphatic heterocycles. The molecule has 0 atom stereocenters. The maximum atomic E-state index is 13.0. The van der Waals surface area contributed by atoms with Crippen molar-refractivity contribution in [1.82, 2.24) is 8.61 Å². The summed E-state index contributed by atoms with van der Waals surface area (Å²) in [4.78, 5) is -0.111. The van der Waals surface area contributed by atoms with E-state index in [1.807, 2.05) is 0 Å². The molecular formula is C19H25FN2O6S2. The van der Waals surface area contributed by atoms with Crippen LogP contribution in [0, 0.1) is 5.82 Å². The molecule has 0 aliphatic rings. The van der Waals surface area contributed by atoms with E-state index >= 15 is 0 Å². The van der Waals surface area contributed by atoms with Crippen molar-refractivity contribution in [3.8, 4) is 11.5 Å². The van der Waals surface area contributed by atoms with Gasteiger partial charge in [0.15, 0.2) is 0 Å². The number of benzene rings is 2. The zero-order valence-corrected chi connectivity index (χ0v) is 18.8. The van der Waals surface area contributed by atoms with E-state index in [1.54, 1.807) is 18.2 Å². The van der Waals surface area contributed by atoms with Gasteiger partial charge in [0.2, 0.25) is 20.0 Å². The molecule has 11 heteroatoms. The Labute approximate surface area is 176 Å². The summed E-state index contributed by atoms with van der Waals surface area (Å²) in [6, 6.07) is 9.39. The molecule has 0 amide bonds. The molecule has 0 aliphatic carbocycles. The summed E-state index contributed by atoms with van der Waals surface area (Å²) in [6.45, 7) is -0.212. The number of hydrogen-bond acceptors (Lipinski definition) is 6. The third-order valence-electron chi connectivity index (χ3n) is 4.55. The number of sulfonamides is 2. The van der Waals surface area contributed by atoms with Crippen LogP contribution in [0.15, 0.2) is 47.4 Å². The van der Waals surface area contributed by atoms with Gasteiger partial charge in [0.1, 0.15) is 17.3 Å². The van der Waals surface area contributed by atoms with E-state index in [4.69, 9.17) is 9.47 Å². The van der Waals surface area contributed by atoms with Gasteiger partial charge in [-0.2, -0.15) is 4.31 Å². The number of nitrogens with zero attached hydrogens (tertiary/aromatic N) is 2. The predicted molar refractivity (Wildman–Crippen MR) is 111 cm³/mol. The molecule has 0 radical (unpaired) electrons. The highest BCUT2D eigenvalue weighted by atomic mass is 32.2. The van der Waals surface area contributed by atoms with E-state index in [0.717, 1.165) is 32.9 Å². The van der Waals surface area contributed by atoms with Gasteiger partial charge in [-0.25, -0.2) is 25.5 Å². The average molecular weight is 461 g/mol. The number of ether oxygens (including phenoxy) is 2. The van der Waals surface area contributed by atoms with E-state index in [9.17, 15) is 21.2 Å². The largest absolute Gasteiger partial charge is 0.497 e. The summed E-state index contributed by atoms with van der Waals surface area (Å²) in [6.07, 6.45) is 0. The first-order chi connectivity index (χ1) is 14.0. The Kier molecular flexibility index (Phi) is 7.81.